The number of fused-ring (bicyclic) bond motifs is 1. The number of anilines is 2. The molecule has 0 amide bonds. The molecule has 0 aliphatic carbocycles. The third-order valence-electron chi connectivity index (χ3n) is 5.87. The van der Waals surface area contributed by atoms with E-state index in [4.69, 9.17) is 9.72 Å². The molecule has 1 aliphatic rings. The Balaban J connectivity index is 1.35. The molecule has 5 rings (SSSR count). The summed E-state index contributed by atoms with van der Waals surface area (Å²) in [6, 6.07) is 20.6. The van der Waals surface area contributed by atoms with E-state index >= 15 is 0 Å². The van der Waals surface area contributed by atoms with Crippen LogP contribution in [0.2, 0.25) is 0 Å². The normalized spacial score (nSPS) is 14.1. The molecule has 6 nitrogen and oxygen atoms in total. The summed E-state index contributed by atoms with van der Waals surface area (Å²) in [5.41, 5.74) is 4.19. The summed E-state index contributed by atoms with van der Waals surface area (Å²) in [7, 11) is 1.70. The van der Waals surface area contributed by atoms with Crippen molar-refractivity contribution in [3.8, 4) is 17.0 Å². The van der Waals surface area contributed by atoms with Gasteiger partial charge in [0.25, 0.3) is 0 Å². The van der Waals surface area contributed by atoms with Crippen molar-refractivity contribution < 1.29 is 4.74 Å². The van der Waals surface area contributed by atoms with Crippen LogP contribution in [0.4, 0.5) is 11.6 Å². The first-order valence-corrected chi connectivity index (χ1v) is 10.5. The smallest absolute Gasteiger partial charge is 0.145 e. The Morgan fingerprint density at radius 3 is 2.29 bits per heavy atom. The maximum absolute atomic E-state index is 5.54. The molecule has 2 aromatic heterocycles. The van der Waals surface area contributed by atoms with Crippen LogP contribution in [-0.4, -0.2) is 48.2 Å². The van der Waals surface area contributed by atoms with E-state index in [-0.39, 0.29) is 0 Å². The highest BCUT2D eigenvalue weighted by Gasteiger charge is 2.21. The van der Waals surface area contributed by atoms with Crippen molar-refractivity contribution in [3.05, 3.63) is 72.6 Å². The number of piperazine rings is 1. The van der Waals surface area contributed by atoms with Crippen molar-refractivity contribution in [2.24, 2.45) is 0 Å². The number of aromatic nitrogens is 3. The van der Waals surface area contributed by atoms with E-state index in [1.165, 1.54) is 5.56 Å². The summed E-state index contributed by atoms with van der Waals surface area (Å²) in [4.78, 5) is 18.6. The van der Waals surface area contributed by atoms with E-state index in [1.807, 2.05) is 30.3 Å². The molecular weight excluding hydrogens is 386 g/mol. The molecular formula is C25H25N5O. The summed E-state index contributed by atoms with van der Waals surface area (Å²) in [6.07, 6.45) is 1.66. The zero-order chi connectivity index (χ0) is 21.2. The summed E-state index contributed by atoms with van der Waals surface area (Å²) in [6.45, 7) is 5.68. The van der Waals surface area contributed by atoms with Gasteiger partial charge in [-0.1, -0.05) is 42.5 Å². The van der Waals surface area contributed by atoms with Gasteiger partial charge in [0.15, 0.2) is 0 Å². The van der Waals surface area contributed by atoms with Gasteiger partial charge in [0.05, 0.1) is 12.8 Å². The topological polar surface area (TPSA) is 54.4 Å². The Labute approximate surface area is 182 Å². The van der Waals surface area contributed by atoms with Crippen LogP contribution >= 0.6 is 0 Å². The minimum Gasteiger partial charge on any atom is -0.494 e. The average Bonchev–Trinajstić information content (AvgIpc) is 2.84. The molecule has 0 N–H and O–H groups in total. The third-order valence-corrected chi connectivity index (χ3v) is 5.87. The van der Waals surface area contributed by atoms with E-state index in [0.29, 0.717) is 0 Å². The summed E-state index contributed by atoms with van der Waals surface area (Å²) >= 11 is 0. The first-order chi connectivity index (χ1) is 15.2. The molecule has 2 aromatic carbocycles. The lowest BCUT2D eigenvalue weighted by atomic mass is 10.1. The molecule has 6 heteroatoms. The van der Waals surface area contributed by atoms with Crippen molar-refractivity contribution in [1.82, 2.24) is 15.0 Å². The molecule has 0 bridgehead atoms. The molecule has 0 unspecified atom stereocenters. The number of ether oxygens (including phenoxy) is 1. The molecule has 1 fully saturated rings. The Kier molecular flexibility index (Phi) is 5.12. The number of benzene rings is 2. The molecule has 0 radical (unpaired) electrons. The van der Waals surface area contributed by atoms with Crippen molar-refractivity contribution >= 4 is 22.5 Å². The van der Waals surface area contributed by atoms with Crippen molar-refractivity contribution in [3.63, 3.8) is 0 Å². The fraction of sp³-hybridized carbons (Fsp3) is 0.240. The van der Waals surface area contributed by atoms with Gasteiger partial charge in [0.1, 0.15) is 29.2 Å². The van der Waals surface area contributed by atoms with E-state index in [2.05, 4.69) is 57.0 Å². The Morgan fingerprint density at radius 2 is 1.55 bits per heavy atom. The molecule has 0 spiro atoms. The Bertz CT molecular complexity index is 1200. The predicted molar refractivity (Wildman–Crippen MR) is 125 cm³/mol. The molecule has 0 saturated carbocycles. The standard InChI is InChI=1S/C25H25N5O/c1-18-15-24(28-25-20(18)9-6-10-22(25)31-2)30-13-11-29(12-14-30)23-16-21(26-17-27-23)19-7-4-3-5-8-19/h3-10,15-17H,11-14H2,1-2H3. The SMILES string of the molecule is COc1cccc2c(C)cc(N3CCN(c4cc(-c5ccccc5)ncn4)CC3)nc12. The van der Waals surface area contributed by atoms with E-state index in [0.717, 1.165) is 65.7 Å². The van der Waals surface area contributed by atoms with Gasteiger partial charge in [-0.15, -0.1) is 0 Å². The lowest BCUT2D eigenvalue weighted by Crippen LogP contribution is -2.47. The van der Waals surface area contributed by atoms with Gasteiger partial charge in [-0.2, -0.15) is 0 Å². The second-order valence-electron chi connectivity index (χ2n) is 7.76. The van der Waals surface area contributed by atoms with Crippen LogP contribution in [-0.2, 0) is 0 Å². The number of nitrogens with zero attached hydrogens (tertiary/aromatic N) is 5. The van der Waals surface area contributed by atoms with Crippen LogP contribution in [0.15, 0.2) is 67.0 Å². The highest BCUT2D eigenvalue weighted by molar-refractivity contribution is 5.89. The van der Waals surface area contributed by atoms with Crippen molar-refractivity contribution in [2.45, 2.75) is 6.92 Å². The monoisotopic (exact) mass is 411 g/mol. The molecule has 1 saturated heterocycles. The van der Waals surface area contributed by atoms with Crippen LogP contribution in [0.3, 0.4) is 0 Å². The predicted octanol–water partition coefficient (Wildman–Crippen LogP) is 4.34. The van der Waals surface area contributed by atoms with Crippen LogP contribution in [0.5, 0.6) is 5.75 Å². The van der Waals surface area contributed by atoms with Crippen LogP contribution < -0.4 is 14.5 Å². The van der Waals surface area contributed by atoms with Gasteiger partial charge >= 0.3 is 0 Å². The fourth-order valence-electron chi connectivity index (χ4n) is 4.15. The number of rotatable bonds is 4. The lowest BCUT2D eigenvalue weighted by molar-refractivity contribution is 0.419. The first-order valence-electron chi connectivity index (χ1n) is 10.5. The van der Waals surface area contributed by atoms with Gasteiger partial charge in [-0.25, -0.2) is 15.0 Å². The van der Waals surface area contributed by atoms with Gasteiger partial charge in [0.2, 0.25) is 0 Å². The van der Waals surface area contributed by atoms with Gasteiger partial charge < -0.3 is 14.5 Å². The minimum atomic E-state index is 0.815. The van der Waals surface area contributed by atoms with Crippen LogP contribution in [0, 0.1) is 6.92 Å². The number of methoxy groups -OCH3 is 1. The van der Waals surface area contributed by atoms with E-state index < -0.39 is 0 Å². The number of hydrogen-bond acceptors (Lipinski definition) is 6. The highest BCUT2D eigenvalue weighted by Crippen LogP contribution is 2.30. The molecule has 3 heterocycles. The zero-order valence-corrected chi connectivity index (χ0v) is 17.8. The van der Waals surface area contributed by atoms with Crippen molar-refractivity contribution in [1.29, 1.82) is 0 Å². The maximum Gasteiger partial charge on any atom is 0.145 e. The number of para-hydroxylation sites is 1. The second-order valence-corrected chi connectivity index (χ2v) is 7.76. The van der Waals surface area contributed by atoms with Crippen molar-refractivity contribution in [2.75, 3.05) is 43.1 Å². The number of hydrogen-bond donors (Lipinski definition) is 0. The zero-order valence-electron chi connectivity index (χ0n) is 17.8. The van der Waals surface area contributed by atoms with E-state index in [9.17, 15) is 0 Å². The van der Waals surface area contributed by atoms with Gasteiger partial charge in [-0.3, -0.25) is 0 Å². The molecule has 1 aliphatic heterocycles. The summed E-state index contributed by atoms with van der Waals surface area (Å²) in [5, 5.41) is 1.14. The van der Waals surface area contributed by atoms with Gasteiger partial charge in [-0.05, 0) is 24.6 Å². The first kappa shape index (κ1) is 19.3. The lowest BCUT2D eigenvalue weighted by Gasteiger charge is -2.36. The molecule has 0 atom stereocenters. The molecule has 156 valence electrons. The van der Waals surface area contributed by atoms with Crippen LogP contribution in [0.25, 0.3) is 22.2 Å². The van der Waals surface area contributed by atoms with Crippen LogP contribution in [0.1, 0.15) is 5.56 Å². The Hall–Kier alpha value is -3.67. The third kappa shape index (κ3) is 3.77. The quantitative estimate of drug-likeness (QED) is 0.498. The van der Waals surface area contributed by atoms with Gasteiger partial charge in [0, 0.05) is 43.2 Å². The molecule has 4 aromatic rings. The highest BCUT2D eigenvalue weighted by atomic mass is 16.5. The number of pyridine rings is 1. The molecule has 31 heavy (non-hydrogen) atoms. The maximum atomic E-state index is 5.54. The second kappa shape index (κ2) is 8.22. The fourth-order valence-corrected chi connectivity index (χ4v) is 4.15. The number of aryl methyl sites for hydroxylation is 1. The minimum absolute atomic E-state index is 0.815. The summed E-state index contributed by atoms with van der Waals surface area (Å²) in [5.74, 6) is 2.79. The Morgan fingerprint density at radius 1 is 0.806 bits per heavy atom. The van der Waals surface area contributed by atoms with E-state index in [1.54, 1.807) is 13.4 Å². The largest absolute Gasteiger partial charge is 0.494 e. The average molecular weight is 412 g/mol. The summed E-state index contributed by atoms with van der Waals surface area (Å²) < 4.78 is 5.54.